The predicted octanol–water partition coefficient (Wildman–Crippen LogP) is 2.77. The van der Waals surface area contributed by atoms with Crippen LogP contribution in [0.3, 0.4) is 0 Å². The van der Waals surface area contributed by atoms with Gasteiger partial charge in [-0.3, -0.25) is 9.98 Å². The second-order valence-corrected chi connectivity index (χ2v) is 3.91. The summed E-state index contributed by atoms with van der Waals surface area (Å²) in [6.45, 7) is 10.6. The van der Waals surface area contributed by atoms with Gasteiger partial charge >= 0.3 is 0 Å². The van der Waals surface area contributed by atoms with Gasteiger partial charge in [0.25, 0.3) is 0 Å². The molecular weight excluding hydrogens is 210 g/mol. The van der Waals surface area contributed by atoms with E-state index in [-0.39, 0.29) is 0 Å². The number of nitrogens with one attached hydrogen (secondary N) is 1. The summed E-state index contributed by atoms with van der Waals surface area (Å²) in [6, 6.07) is 0. The maximum absolute atomic E-state index is 4.37. The Kier molecular flexibility index (Phi) is 7.89. The van der Waals surface area contributed by atoms with Gasteiger partial charge in [0.05, 0.1) is 0 Å². The topological polar surface area (TPSA) is 36.8 Å². The molecule has 3 nitrogen and oxygen atoms in total. The molecule has 1 N–H and O–H groups in total. The third kappa shape index (κ3) is 6.64. The zero-order valence-corrected chi connectivity index (χ0v) is 11.5. The van der Waals surface area contributed by atoms with Crippen LogP contribution in [0.5, 0.6) is 0 Å². The van der Waals surface area contributed by atoms with Crippen LogP contribution in [-0.4, -0.2) is 32.6 Å². The van der Waals surface area contributed by atoms with Crippen LogP contribution in [0.15, 0.2) is 45.6 Å². The third-order valence-electron chi connectivity index (χ3n) is 2.32. The average Bonchev–Trinajstić information content (AvgIpc) is 2.30. The van der Waals surface area contributed by atoms with Crippen LogP contribution in [0.1, 0.15) is 20.8 Å². The maximum Gasteiger partial charge on any atom is 0.0395 e. The predicted molar refractivity (Wildman–Crippen MR) is 78.1 cm³/mol. The number of hydrogen-bond acceptors (Lipinski definition) is 3. The molecule has 0 aliphatic carbocycles. The van der Waals surface area contributed by atoms with E-state index in [1.165, 1.54) is 0 Å². The molecule has 0 atom stereocenters. The molecular formula is C14H23N3. The molecule has 0 aromatic rings. The molecule has 0 fully saturated rings. The molecule has 0 rings (SSSR count). The van der Waals surface area contributed by atoms with Gasteiger partial charge in [0.15, 0.2) is 0 Å². The highest BCUT2D eigenvalue weighted by atomic mass is 14.8. The summed E-state index contributed by atoms with van der Waals surface area (Å²) in [6.07, 6.45) is 5.78. The van der Waals surface area contributed by atoms with Crippen LogP contribution in [0.25, 0.3) is 0 Å². The average molecular weight is 233 g/mol. The van der Waals surface area contributed by atoms with Crippen LogP contribution in [0.2, 0.25) is 0 Å². The molecule has 0 saturated heterocycles. The fraction of sp³-hybridized carbons (Fsp3) is 0.429. The Balaban J connectivity index is 4.96. The van der Waals surface area contributed by atoms with Crippen molar-refractivity contribution in [1.29, 1.82) is 0 Å². The van der Waals surface area contributed by atoms with Crippen LogP contribution in [0.4, 0.5) is 0 Å². The molecule has 94 valence electrons. The van der Waals surface area contributed by atoms with Crippen molar-refractivity contribution in [2.75, 3.05) is 20.6 Å². The largest absolute Gasteiger partial charge is 0.316 e. The second-order valence-electron chi connectivity index (χ2n) is 3.91. The first-order valence-electron chi connectivity index (χ1n) is 5.67. The summed E-state index contributed by atoms with van der Waals surface area (Å²) in [4.78, 5) is 8.41. The first kappa shape index (κ1) is 15.5. The zero-order valence-electron chi connectivity index (χ0n) is 11.5. The number of hydrogen-bond donors (Lipinski definition) is 1. The van der Waals surface area contributed by atoms with Gasteiger partial charge in [0, 0.05) is 31.7 Å². The standard InChI is InChI=1S/C14H23N3/c1-11(2)13(4)17-9-12(3)14(10-16-6)7-8-15-5/h7,9-10,15H,1,8H2,2-6H3/b12-9+,14-7+,16-10?,17-13?. The van der Waals surface area contributed by atoms with Crippen LogP contribution >= 0.6 is 0 Å². The van der Waals surface area contributed by atoms with Gasteiger partial charge < -0.3 is 5.32 Å². The Morgan fingerprint density at radius 1 is 1.29 bits per heavy atom. The molecule has 0 aliphatic rings. The van der Waals surface area contributed by atoms with E-state index in [0.29, 0.717) is 0 Å². The number of aliphatic imine (C=N–C) groups is 2. The van der Waals surface area contributed by atoms with Crippen molar-refractivity contribution in [3.05, 3.63) is 35.6 Å². The lowest BCUT2D eigenvalue weighted by molar-refractivity contribution is 0.917. The molecule has 0 radical (unpaired) electrons. The highest BCUT2D eigenvalue weighted by molar-refractivity contribution is 5.97. The molecule has 3 heteroatoms. The lowest BCUT2D eigenvalue weighted by Gasteiger charge is -2.02. The third-order valence-corrected chi connectivity index (χ3v) is 2.32. The summed E-state index contributed by atoms with van der Waals surface area (Å²) in [5, 5.41) is 3.08. The van der Waals surface area contributed by atoms with E-state index >= 15 is 0 Å². The van der Waals surface area contributed by atoms with Gasteiger partial charge in [0.1, 0.15) is 0 Å². The molecule has 0 saturated carbocycles. The van der Waals surface area contributed by atoms with Crippen LogP contribution < -0.4 is 5.32 Å². The van der Waals surface area contributed by atoms with Crippen molar-refractivity contribution >= 4 is 11.9 Å². The smallest absolute Gasteiger partial charge is 0.0395 e. The van der Waals surface area contributed by atoms with E-state index in [2.05, 4.69) is 28.0 Å². The van der Waals surface area contributed by atoms with E-state index in [1.807, 2.05) is 40.2 Å². The highest BCUT2D eigenvalue weighted by Gasteiger charge is 1.96. The highest BCUT2D eigenvalue weighted by Crippen LogP contribution is 2.07. The van der Waals surface area contributed by atoms with E-state index in [9.17, 15) is 0 Å². The van der Waals surface area contributed by atoms with E-state index < -0.39 is 0 Å². The number of likely N-dealkylation sites (N-methyl/N-ethyl adjacent to an activating group) is 1. The number of allylic oxidation sites excluding steroid dienone is 3. The van der Waals surface area contributed by atoms with E-state index in [1.54, 1.807) is 7.05 Å². The minimum Gasteiger partial charge on any atom is -0.316 e. The van der Waals surface area contributed by atoms with Gasteiger partial charge in [-0.05, 0) is 44.5 Å². The minimum atomic E-state index is 0.815. The minimum absolute atomic E-state index is 0.815. The van der Waals surface area contributed by atoms with Crippen LogP contribution in [0, 0.1) is 0 Å². The monoisotopic (exact) mass is 233 g/mol. The van der Waals surface area contributed by atoms with Crippen LogP contribution in [-0.2, 0) is 0 Å². The molecule has 0 heterocycles. The number of rotatable bonds is 6. The maximum atomic E-state index is 4.37. The Labute approximate surface area is 105 Å². The summed E-state index contributed by atoms with van der Waals surface area (Å²) in [5.41, 5.74) is 4.11. The summed E-state index contributed by atoms with van der Waals surface area (Å²) in [7, 11) is 3.68. The quantitative estimate of drug-likeness (QED) is 0.556. The van der Waals surface area contributed by atoms with Crippen molar-refractivity contribution in [3.63, 3.8) is 0 Å². The Bertz CT molecular complexity index is 371. The van der Waals surface area contributed by atoms with E-state index in [0.717, 1.165) is 29.0 Å². The van der Waals surface area contributed by atoms with Crippen molar-refractivity contribution < 1.29 is 0 Å². The number of nitrogens with zero attached hydrogens (tertiary/aromatic N) is 2. The molecule has 0 unspecified atom stereocenters. The first-order valence-corrected chi connectivity index (χ1v) is 5.67. The summed E-state index contributed by atoms with van der Waals surface area (Å²) in [5.74, 6) is 0. The van der Waals surface area contributed by atoms with Gasteiger partial charge in [-0.15, -0.1) is 0 Å². The molecule has 0 amide bonds. The SMILES string of the molecule is C=C(C)C(C)=N/C=C(C)/C(C=NC)=C/CNC. The van der Waals surface area contributed by atoms with Gasteiger partial charge in [0.2, 0.25) is 0 Å². The Hall–Kier alpha value is -1.48. The fourth-order valence-electron chi connectivity index (χ4n) is 1.04. The van der Waals surface area contributed by atoms with Gasteiger partial charge in [-0.25, -0.2) is 0 Å². The van der Waals surface area contributed by atoms with Crippen molar-refractivity contribution in [1.82, 2.24) is 5.32 Å². The molecule has 0 spiro atoms. The fourth-order valence-corrected chi connectivity index (χ4v) is 1.04. The molecule has 17 heavy (non-hydrogen) atoms. The van der Waals surface area contributed by atoms with Crippen molar-refractivity contribution in [3.8, 4) is 0 Å². The van der Waals surface area contributed by atoms with Gasteiger partial charge in [-0.1, -0.05) is 12.7 Å². The van der Waals surface area contributed by atoms with Crippen molar-refractivity contribution in [2.45, 2.75) is 20.8 Å². The lowest BCUT2D eigenvalue weighted by atomic mass is 10.1. The summed E-state index contributed by atoms with van der Waals surface area (Å²) < 4.78 is 0. The molecule has 0 bridgehead atoms. The zero-order chi connectivity index (χ0) is 13.3. The van der Waals surface area contributed by atoms with Gasteiger partial charge in [-0.2, -0.15) is 0 Å². The van der Waals surface area contributed by atoms with E-state index in [4.69, 9.17) is 0 Å². The molecule has 0 aromatic carbocycles. The normalized spacial score (nSPS) is 14.5. The molecule has 0 aliphatic heterocycles. The Morgan fingerprint density at radius 3 is 2.41 bits per heavy atom. The first-order chi connectivity index (χ1) is 8.02. The molecule has 0 aromatic heterocycles. The van der Waals surface area contributed by atoms with Crippen molar-refractivity contribution in [2.24, 2.45) is 9.98 Å². The summed E-state index contributed by atoms with van der Waals surface area (Å²) >= 11 is 0. The lowest BCUT2D eigenvalue weighted by Crippen LogP contribution is -2.06. The Morgan fingerprint density at radius 2 is 1.94 bits per heavy atom. The second kappa shape index (κ2) is 8.65.